The maximum absolute atomic E-state index is 13.0. The number of aromatic amines is 1. The first-order chi connectivity index (χ1) is 11.9. The molecular formula is C17H15ClN2O3S2. The van der Waals surface area contributed by atoms with Gasteiger partial charge in [0.15, 0.2) is 4.77 Å². The third kappa shape index (κ3) is 3.40. The van der Waals surface area contributed by atoms with Crippen LogP contribution in [0.5, 0.6) is 0 Å². The second kappa shape index (κ2) is 7.11. The van der Waals surface area contributed by atoms with Crippen molar-refractivity contribution >= 4 is 51.3 Å². The number of benzene rings is 1. The van der Waals surface area contributed by atoms with Gasteiger partial charge < -0.3 is 9.72 Å². The van der Waals surface area contributed by atoms with Crippen LogP contribution in [0, 0.1) is 11.7 Å². The van der Waals surface area contributed by atoms with Crippen molar-refractivity contribution in [3.8, 4) is 0 Å². The van der Waals surface area contributed by atoms with Gasteiger partial charge in [-0.15, -0.1) is 11.3 Å². The highest BCUT2D eigenvalue weighted by Crippen LogP contribution is 2.27. The fourth-order valence-corrected chi connectivity index (χ4v) is 4.22. The molecule has 0 bridgehead atoms. The number of rotatable bonds is 4. The van der Waals surface area contributed by atoms with Gasteiger partial charge in [0, 0.05) is 5.02 Å². The van der Waals surface area contributed by atoms with Crippen molar-refractivity contribution in [2.75, 3.05) is 6.61 Å². The van der Waals surface area contributed by atoms with Crippen LogP contribution in [0.15, 0.2) is 29.1 Å². The van der Waals surface area contributed by atoms with E-state index >= 15 is 0 Å². The number of aryl methyl sites for hydroxylation is 1. The van der Waals surface area contributed by atoms with Crippen LogP contribution in [0.4, 0.5) is 0 Å². The Balaban J connectivity index is 2.15. The topological polar surface area (TPSA) is 64.1 Å². The van der Waals surface area contributed by atoms with Gasteiger partial charge in [-0.3, -0.25) is 9.36 Å². The number of thiophene rings is 1. The molecule has 0 radical (unpaired) electrons. The fourth-order valence-electron chi connectivity index (χ4n) is 2.60. The molecule has 130 valence electrons. The number of nitrogens with zero attached hydrogens (tertiary/aromatic N) is 1. The summed E-state index contributed by atoms with van der Waals surface area (Å²) in [6.07, 6.45) is 0. The minimum absolute atomic E-state index is 0.233. The summed E-state index contributed by atoms with van der Waals surface area (Å²) < 4.78 is 6.83. The summed E-state index contributed by atoms with van der Waals surface area (Å²) in [6.45, 7) is 4.06. The van der Waals surface area contributed by atoms with Gasteiger partial charge in [-0.2, -0.15) is 0 Å². The average Bonchev–Trinajstić information content (AvgIpc) is 2.88. The summed E-state index contributed by atoms with van der Waals surface area (Å²) >= 11 is 12.5. The number of fused-ring (bicyclic) bond motifs is 1. The first-order valence-corrected chi connectivity index (χ1v) is 9.20. The maximum atomic E-state index is 13.0. The van der Waals surface area contributed by atoms with E-state index < -0.39 is 5.97 Å². The molecule has 3 rings (SSSR count). The molecule has 0 aliphatic rings. The Bertz CT molecular complexity index is 1080. The van der Waals surface area contributed by atoms with Crippen molar-refractivity contribution in [3.63, 3.8) is 0 Å². The normalized spacial score (nSPS) is 11.0. The Hall–Kier alpha value is -1.96. The standard InChI is InChI=1S/C17H15ClN2O3S2/c1-3-23-16(22)13-9(2)12-14(25-13)19-17(24)20(15(12)21)8-10-5-4-6-11(18)7-10/h4-7H,3,8H2,1-2H3,(H,19,24). The lowest BCUT2D eigenvalue weighted by molar-refractivity contribution is 0.0531. The number of H-pyrrole nitrogens is 1. The second-order valence-corrected chi connectivity index (χ2v) is 7.28. The van der Waals surface area contributed by atoms with E-state index in [4.69, 9.17) is 28.6 Å². The van der Waals surface area contributed by atoms with E-state index in [1.807, 2.05) is 12.1 Å². The highest BCUT2D eigenvalue weighted by Gasteiger charge is 2.20. The minimum Gasteiger partial charge on any atom is -0.462 e. The summed E-state index contributed by atoms with van der Waals surface area (Å²) in [6, 6.07) is 7.26. The first-order valence-electron chi connectivity index (χ1n) is 7.60. The van der Waals surface area contributed by atoms with Crippen LogP contribution in [0.1, 0.15) is 27.7 Å². The van der Waals surface area contributed by atoms with E-state index in [1.165, 1.54) is 15.9 Å². The fraction of sp³-hybridized carbons (Fsp3) is 0.235. The second-order valence-electron chi connectivity index (χ2n) is 5.43. The Morgan fingerprint density at radius 1 is 1.44 bits per heavy atom. The number of halogens is 1. The maximum Gasteiger partial charge on any atom is 0.348 e. The lowest BCUT2D eigenvalue weighted by Crippen LogP contribution is -2.22. The van der Waals surface area contributed by atoms with Crippen LogP contribution in [-0.2, 0) is 11.3 Å². The van der Waals surface area contributed by atoms with E-state index in [9.17, 15) is 9.59 Å². The summed E-state index contributed by atoms with van der Waals surface area (Å²) in [4.78, 5) is 29.1. The van der Waals surface area contributed by atoms with Gasteiger partial charge in [0.2, 0.25) is 0 Å². The molecule has 2 aromatic heterocycles. The zero-order valence-corrected chi connectivity index (χ0v) is 16.0. The predicted molar refractivity (Wildman–Crippen MR) is 103 cm³/mol. The molecule has 25 heavy (non-hydrogen) atoms. The highest BCUT2D eigenvalue weighted by molar-refractivity contribution is 7.71. The zero-order valence-electron chi connectivity index (χ0n) is 13.6. The molecule has 0 saturated carbocycles. The Morgan fingerprint density at radius 2 is 2.20 bits per heavy atom. The van der Waals surface area contributed by atoms with Gasteiger partial charge in [-0.25, -0.2) is 4.79 Å². The van der Waals surface area contributed by atoms with Gasteiger partial charge in [-0.05, 0) is 49.3 Å². The molecule has 0 amide bonds. The quantitative estimate of drug-likeness (QED) is 0.529. The van der Waals surface area contributed by atoms with Crippen molar-refractivity contribution in [2.45, 2.75) is 20.4 Å². The number of ether oxygens (including phenoxy) is 1. The van der Waals surface area contributed by atoms with Gasteiger partial charge in [0.25, 0.3) is 5.56 Å². The van der Waals surface area contributed by atoms with E-state index in [2.05, 4.69) is 4.98 Å². The van der Waals surface area contributed by atoms with E-state index in [-0.39, 0.29) is 12.2 Å². The lowest BCUT2D eigenvalue weighted by Gasteiger charge is -2.07. The van der Waals surface area contributed by atoms with Crippen molar-refractivity contribution in [3.05, 3.63) is 60.4 Å². The van der Waals surface area contributed by atoms with Gasteiger partial charge in [-0.1, -0.05) is 23.7 Å². The zero-order chi connectivity index (χ0) is 18.1. The van der Waals surface area contributed by atoms with Gasteiger partial charge in [0.1, 0.15) is 9.71 Å². The Morgan fingerprint density at radius 3 is 2.88 bits per heavy atom. The number of aromatic nitrogens is 2. The van der Waals surface area contributed by atoms with Gasteiger partial charge >= 0.3 is 5.97 Å². The minimum atomic E-state index is -0.429. The van der Waals surface area contributed by atoms with E-state index in [0.29, 0.717) is 37.0 Å². The molecule has 0 atom stereocenters. The van der Waals surface area contributed by atoms with Crippen molar-refractivity contribution in [1.29, 1.82) is 0 Å². The summed E-state index contributed by atoms with van der Waals surface area (Å²) in [7, 11) is 0. The molecule has 0 saturated heterocycles. The first kappa shape index (κ1) is 17.8. The van der Waals surface area contributed by atoms with E-state index in [1.54, 1.807) is 26.0 Å². The van der Waals surface area contributed by atoms with Crippen LogP contribution < -0.4 is 5.56 Å². The molecule has 0 fully saturated rings. The van der Waals surface area contributed by atoms with E-state index in [0.717, 1.165) is 5.56 Å². The smallest absolute Gasteiger partial charge is 0.348 e. The SMILES string of the molecule is CCOC(=O)c1sc2[nH]c(=S)n(Cc3cccc(Cl)c3)c(=O)c2c1C. The van der Waals surface area contributed by atoms with Crippen LogP contribution in [0.25, 0.3) is 10.2 Å². The summed E-state index contributed by atoms with van der Waals surface area (Å²) in [5.41, 5.74) is 1.24. The molecule has 0 aliphatic heterocycles. The highest BCUT2D eigenvalue weighted by atomic mass is 35.5. The van der Waals surface area contributed by atoms with Crippen LogP contribution in [-0.4, -0.2) is 22.1 Å². The molecule has 2 heterocycles. The number of carbonyl (C=O) groups is 1. The number of carbonyl (C=O) groups excluding carboxylic acids is 1. The van der Waals surface area contributed by atoms with Crippen molar-refractivity contribution in [1.82, 2.24) is 9.55 Å². The third-order valence-electron chi connectivity index (χ3n) is 3.76. The molecule has 3 aromatic rings. The monoisotopic (exact) mass is 394 g/mol. The molecule has 1 aromatic carbocycles. The molecule has 8 heteroatoms. The number of nitrogens with one attached hydrogen (secondary N) is 1. The van der Waals surface area contributed by atoms with Crippen molar-refractivity contribution in [2.24, 2.45) is 0 Å². The Labute approximate surface area is 157 Å². The average molecular weight is 395 g/mol. The van der Waals surface area contributed by atoms with Crippen LogP contribution in [0.2, 0.25) is 5.02 Å². The molecular weight excluding hydrogens is 380 g/mol. The summed E-state index contributed by atoms with van der Waals surface area (Å²) in [5.74, 6) is -0.429. The summed E-state index contributed by atoms with van der Waals surface area (Å²) in [5, 5.41) is 1.06. The predicted octanol–water partition coefficient (Wildman–Crippen LogP) is 4.31. The number of esters is 1. The Kier molecular flexibility index (Phi) is 5.08. The van der Waals surface area contributed by atoms with Crippen molar-refractivity contribution < 1.29 is 9.53 Å². The third-order valence-corrected chi connectivity index (χ3v) is 5.51. The number of hydrogen-bond donors (Lipinski definition) is 1. The molecule has 0 aliphatic carbocycles. The van der Waals surface area contributed by atoms with Gasteiger partial charge in [0.05, 0.1) is 18.5 Å². The lowest BCUT2D eigenvalue weighted by atomic mass is 10.2. The molecule has 0 spiro atoms. The molecule has 0 unspecified atom stereocenters. The number of hydrogen-bond acceptors (Lipinski definition) is 5. The van der Waals surface area contributed by atoms with Crippen LogP contribution in [0.3, 0.4) is 0 Å². The largest absolute Gasteiger partial charge is 0.462 e. The van der Waals surface area contributed by atoms with Crippen LogP contribution >= 0.6 is 35.2 Å². The molecule has 1 N–H and O–H groups in total. The molecule has 5 nitrogen and oxygen atoms in total.